The summed E-state index contributed by atoms with van der Waals surface area (Å²) in [6, 6.07) is 0. The zero-order valence-electron chi connectivity index (χ0n) is 15.4. The fourth-order valence-electron chi connectivity index (χ4n) is 8.45. The van der Waals surface area contributed by atoms with E-state index in [0.29, 0.717) is 34.8 Å². The second-order valence-electron chi connectivity index (χ2n) is 10.2. The van der Waals surface area contributed by atoms with Crippen LogP contribution in [-0.2, 0) is 4.79 Å². The smallest absolute Gasteiger partial charge is 0.282 e. The number of hydrogen-bond acceptors (Lipinski definition) is 2. The molecule has 0 aromatic heterocycles. The first-order valence-corrected chi connectivity index (χ1v) is 11.6. The molecule has 5 saturated carbocycles. The second kappa shape index (κ2) is 5.52. The molecule has 0 aromatic rings. The van der Waals surface area contributed by atoms with Crippen molar-refractivity contribution in [1.82, 2.24) is 0 Å². The average molecular weight is 431 g/mol. The summed E-state index contributed by atoms with van der Waals surface area (Å²) in [5.74, 6) is -1.03. The topological polar surface area (TPSA) is 37.3 Å². The minimum atomic E-state index is -2.86. The lowest BCUT2D eigenvalue weighted by Gasteiger charge is -2.55. The molecule has 0 heterocycles. The van der Waals surface area contributed by atoms with Crippen LogP contribution in [0.4, 0.5) is 8.78 Å². The molecule has 0 spiro atoms. The molecule has 1 unspecified atom stereocenters. The molecular formula is C21H29BrF2O2. The Bertz CT molecular complexity index is 640. The van der Waals surface area contributed by atoms with Gasteiger partial charge in [-0.25, -0.2) is 8.78 Å². The van der Waals surface area contributed by atoms with Crippen LogP contribution >= 0.6 is 15.9 Å². The van der Waals surface area contributed by atoms with Gasteiger partial charge in [0, 0.05) is 5.92 Å². The standard InChI is InChI=1S/C21H29BrF2O2/c1-19-8-6-11-12-7-9-20(26)18(21(20,23)24)14(12)3-2-13(11)15(19)4-5-16(19)17(25)10-22/h11-16,18,26H,2-10H2,1H3/t11-,12-,13-,14+,15+,16-,18?,19+,20-/m1/s1. The Balaban J connectivity index is 1.39. The summed E-state index contributed by atoms with van der Waals surface area (Å²) < 4.78 is 28.5. The van der Waals surface area contributed by atoms with E-state index in [9.17, 15) is 18.7 Å². The third-order valence-electron chi connectivity index (χ3n) is 9.63. The molecule has 26 heavy (non-hydrogen) atoms. The monoisotopic (exact) mass is 430 g/mol. The molecule has 5 aliphatic carbocycles. The fourth-order valence-corrected chi connectivity index (χ4v) is 8.84. The molecule has 146 valence electrons. The Hall–Kier alpha value is -0.0300. The molecule has 0 saturated heterocycles. The highest BCUT2D eigenvalue weighted by atomic mass is 79.9. The van der Waals surface area contributed by atoms with E-state index in [1.165, 1.54) is 0 Å². The lowest BCUT2D eigenvalue weighted by Crippen LogP contribution is -2.50. The lowest BCUT2D eigenvalue weighted by atomic mass is 9.49. The van der Waals surface area contributed by atoms with Crippen molar-refractivity contribution in [3.63, 3.8) is 0 Å². The number of carbonyl (C=O) groups excluding carboxylic acids is 1. The van der Waals surface area contributed by atoms with Gasteiger partial charge >= 0.3 is 0 Å². The van der Waals surface area contributed by atoms with Gasteiger partial charge in [-0.3, -0.25) is 4.79 Å². The first-order valence-electron chi connectivity index (χ1n) is 10.4. The van der Waals surface area contributed by atoms with Gasteiger partial charge in [0.15, 0.2) is 0 Å². The van der Waals surface area contributed by atoms with Crippen LogP contribution in [0.1, 0.15) is 58.3 Å². The van der Waals surface area contributed by atoms with Gasteiger partial charge in [0.05, 0.1) is 11.2 Å². The molecule has 0 bridgehead atoms. The molecule has 5 heteroatoms. The van der Waals surface area contributed by atoms with E-state index >= 15 is 0 Å². The average Bonchev–Trinajstić information content (AvgIpc) is 2.89. The lowest BCUT2D eigenvalue weighted by molar-refractivity contribution is -0.128. The Kier molecular flexibility index (Phi) is 3.83. The normalized spacial score (nSPS) is 56.7. The summed E-state index contributed by atoms with van der Waals surface area (Å²) in [7, 11) is 0. The number of carbonyl (C=O) groups is 1. The maximum atomic E-state index is 14.2. The van der Waals surface area contributed by atoms with E-state index in [-0.39, 0.29) is 23.7 Å². The van der Waals surface area contributed by atoms with Gasteiger partial charge in [0.1, 0.15) is 11.4 Å². The van der Waals surface area contributed by atoms with Gasteiger partial charge in [0.25, 0.3) is 5.92 Å². The van der Waals surface area contributed by atoms with Crippen LogP contribution in [0.15, 0.2) is 0 Å². The minimum absolute atomic E-state index is 0.00994. The van der Waals surface area contributed by atoms with Gasteiger partial charge in [0.2, 0.25) is 0 Å². The Morgan fingerprint density at radius 3 is 2.38 bits per heavy atom. The molecule has 5 aliphatic rings. The molecule has 1 N–H and O–H groups in total. The number of aliphatic hydroxyl groups is 1. The number of ketones is 1. The van der Waals surface area contributed by atoms with Gasteiger partial charge in [-0.05, 0) is 86.4 Å². The molecule has 0 amide bonds. The Morgan fingerprint density at radius 2 is 1.65 bits per heavy atom. The Morgan fingerprint density at radius 1 is 1.00 bits per heavy atom. The van der Waals surface area contributed by atoms with Crippen LogP contribution < -0.4 is 0 Å². The molecule has 5 rings (SSSR count). The molecule has 2 nitrogen and oxygen atoms in total. The van der Waals surface area contributed by atoms with Crippen LogP contribution in [0.25, 0.3) is 0 Å². The largest absolute Gasteiger partial charge is 0.383 e. The summed E-state index contributed by atoms with van der Waals surface area (Å²) in [6.45, 7) is 2.33. The predicted molar refractivity (Wildman–Crippen MR) is 98.2 cm³/mol. The zero-order valence-corrected chi connectivity index (χ0v) is 17.0. The number of rotatable bonds is 2. The number of alkyl halides is 3. The number of halogens is 3. The van der Waals surface area contributed by atoms with E-state index in [1.54, 1.807) is 0 Å². The summed E-state index contributed by atoms with van der Waals surface area (Å²) in [5, 5.41) is 10.8. The van der Waals surface area contributed by atoms with E-state index in [2.05, 4.69) is 22.9 Å². The summed E-state index contributed by atoms with van der Waals surface area (Å²) in [4.78, 5) is 12.5. The molecule has 5 fully saturated rings. The maximum absolute atomic E-state index is 14.2. The summed E-state index contributed by atoms with van der Waals surface area (Å²) >= 11 is 3.36. The van der Waals surface area contributed by atoms with Crippen LogP contribution in [0.3, 0.4) is 0 Å². The third kappa shape index (κ3) is 2.03. The van der Waals surface area contributed by atoms with E-state index in [4.69, 9.17) is 0 Å². The quantitative estimate of drug-likeness (QED) is 0.637. The van der Waals surface area contributed by atoms with E-state index in [1.807, 2.05) is 0 Å². The van der Waals surface area contributed by atoms with E-state index < -0.39 is 17.4 Å². The maximum Gasteiger partial charge on any atom is 0.282 e. The first-order chi connectivity index (χ1) is 12.3. The van der Waals surface area contributed by atoms with Gasteiger partial charge in [-0.15, -0.1) is 0 Å². The number of fused-ring (bicyclic) bond motifs is 7. The van der Waals surface area contributed by atoms with E-state index in [0.717, 1.165) is 44.9 Å². The van der Waals surface area contributed by atoms with Gasteiger partial charge in [-0.1, -0.05) is 22.9 Å². The van der Waals surface area contributed by atoms with Crippen molar-refractivity contribution < 1.29 is 18.7 Å². The van der Waals surface area contributed by atoms with Crippen LogP contribution in [0, 0.1) is 46.8 Å². The summed E-state index contributed by atoms with van der Waals surface area (Å²) in [6.07, 6.45) is 7.19. The summed E-state index contributed by atoms with van der Waals surface area (Å²) in [5.41, 5.74) is -1.58. The highest BCUT2D eigenvalue weighted by Crippen LogP contribution is 2.73. The van der Waals surface area contributed by atoms with Crippen molar-refractivity contribution in [3.05, 3.63) is 0 Å². The predicted octanol–water partition coefficient (Wildman–Crippen LogP) is 4.83. The highest BCUT2D eigenvalue weighted by molar-refractivity contribution is 9.09. The fraction of sp³-hybridized carbons (Fsp3) is 0.952. The van der Waals surface area contributed by atoms with Crippen molar-refractivity contribution in [2.45, 2.75) is 69.8 Å². The molecule has 9 atom stereocenters. The second-order valence-corrected chi connectivity index (χ2v) is 10.7. The van der Waals surface area contributed by atoms with Gasteiger partial charge in [-0.2, -0.15) is 0 Å². The molecular weight excluding hydrogens is 402 g/mol. The minimum Gasteiger partial charge on any atom is -0.383 e. The van der Waals surface area contributed by atoms with Crippen molar-refractivity contribution in [3.8, 4) is 0 Å². The molecule has 0 aromatic carbocycles. The third-order valence-corrected chi connectivity index (χ3v) is 10.2. The number of Topliss-reactive ketones (excluding diaryl/α,β-unsaturated/α-hetero) is 1. The number of hydrogen-bond donors (Lipinski definition) is 1. The molecule has 0 radical (unpaired) electrons. The first kappa shape index (κ1) is 18.0. The van der Waals surface area contributed by atoms with Crippen molar-refractivity contribution in [1.29, 1.82) is 0 Å². The SMILES string of the molecule is C[C@]12CC[C@@H]3[C@H]4CC[C@@]5(O)C([C@H]4CC[C@H]3[C@@H]1CC[C@@H]2C(=O)CBr)C5(F)F. The molecule has 0 aliphatic heterocycles. The zero-order chi connectivity index (χ0) is 18.5. The van der Waals surface area contributed by atoms with Crippen molar-refractivity contribution in [2.24, 2.45) is 46.8 Å². The van der Waals surface area contributed by atoms with Crippen LogP contribution in [-0.4, -0.2) is 27.7 Å². The van der Waals surface area contributed by atoms with Crippen molar-refractivity contribution >= 4 is 21.7 Å². The highest BCUT2D eigenvalue weighted by Gasteiger charge is 2.84. The van der Waals surface area contributed by atoms with Crippen LogP contribution in [0.2, 0.25) is 0 Å². The van der Waals surface area contributed by atoms with Crippen molar-refractivity contribution in [2.75, 3.05) is 5.33 Å². The Labute approximate surface area is 162 Å². The van der Waals surface area contributed by atoms with Crippen LogP contribution in [0.5, 0.6) is 0 Å². The van der Waals surface area contributed by atoms with Gasteiger partial charge < -0.3 is 5.11 Å².